The molecule has 0 saturated carbocycles. The van der Waals surface area contributed by atoms with E-state index in [0.29, 0.717) is 25.9 Å². The van der Waals surface area contributed by atoms with E-state index >= 15 is 0 Å². The molecule has 0 spiro atoms. The standard InChI is InChI=1S/C33H64N2O4/c1-9-10-11-12-13-14-15-16-17-18-19-20-21-22-30(37)34-28(23-24-29(36)27(2)3)31(38)35-33(7,8)25-26-39-32(4,5)6/h27-28H,9-26H2,1-8H3,(H,34,37)(H,35,38)/t28-/m0/s1. The van der Waals surface area contributed by atoms with Crippen LogP contribution >= 0.6 is 0 Å². The van der Waals surface area contributed by atoms with Crippen molar-refractivity contribution in [2.75, 3.05) is 6.61 Å². The zero-order chi connectivity index (χ0) is 29.7. The van der Waals surface area contributed by atoms with E-state index < -0.39 is 11.6 Å². The van der Waals surface area contributed by atoms with Crippen LogP contribution < -0.4 is 10.6 Å². The summed E-state index contributed by atoms with van der Waals surface area (Å²) in [5, 5.41) is 6.00. The van der Waals surface area contributed by atoms with Crippen molar-refractivity contribution < 1.29 is 19.1 Å². The molecule has 0 radical (unpaired) electrons. The molecule has 0 unspecified atom stereocenters. The minimum absolute atomic E-state index is 0.0822. The van der Waals surface area contributed by atoms with Crippen LogP contribution in [0.4, 0.5) is 0 Å². The molecule has 0 aromatic carbocycles. The van der Waals surface area contributed by atoms with Gasteiger partial charge in [-0.15, -0.1) is 0 Å². The Morgan fingerprint density at radius 2 is 1.21 bits per heavy atom. The number of amides is 2. The molecule has 0 saturated heterocycles. The number of carbonyl (C=O) groups is 3. The molecule has 6 nitrogen and oxygen atoms in total. The molecule has 0 bridgehead atoms. The van der Waals surface area contributed by atoms with E-state index in [1.54, 1.807) is 0 Å². The topological polar surface area (TPSA) is 84.5 Å². The van der Waals surface area contributed by atoms with Crippen molar-refractivity contribution in [1.29, 1.82) is 0 Å². The third-order valence-electron chi connectivity index (χ3n) is 7.21. The fourth-order valence-electron chi connectivity index (χ4n) is 4.51. The molecule has 2 amide bonds. The molecule has 39 heavy (non-hydrogen) atoms. The lowest BCUT2D eigenvalue weighted by Crippen LogP contribution is -2.53. The molecule has 0 rings (SSSR count). The van der Waals surface area contributed by atoms with Crippen molar-refractivity contribution in [2.24, 2.45) is 5.92 Å². The summed E-state index contributed by atoms with van der Waals surface area (Å²) in [6.45, 7) is 16.5. The lowest BCUT2D eigenvalue weighted by Gasteiger charge is -2.30. The van der Waals surface area contributed by atoms with E-state index in [1.165, 1.54) is 64.2 Å². The van der Waals surface area contributed by atoms with Crippen LogP contribution in [0.1, 0.15) is 165 Å². The Balaban J connectivity index is 4.44. The number of nitrogens with one attached hydrogen (secondary N) is 2. The summed E-state index contributed by atoms with van der Waals surface area (Å²) in [5.41, 5.74) is -0.718. The van der Waals surface area contributed by atoms with Gasteiger partial charge in [-0.2, -0.15) is 0 Å². The Kier molecular flexibility index (Phi) is 20.6. The number of ketones is 1. The normalized spacial score (nSPS) is 12.9. The summed E-state index contributed by atoms with van der Waals surface area (Å²) in [4.78, 5) is 38.1. The first kappa shape index (κ1) is 37.6. The molecule has 0 aromatic heterocycles. The fraction of sp³-hybridized carbons (Fsp3) is 0.909. The van der Waals surface area contributed by atoms with Crippen molar-refractivity contribution in [3.63, 3.8) is 0 Å². The zero-order valence-corrected chi connectivity index (χ0v) is 27.0. The van der Waals surface area contributed by atoms with Gasteiger partial charge in [0.25, 0.3) is 0 Å². The Labute approximate surface area is 241 Å². The first-order valence-corrected chi connectivity index (χ1v) is 16.1. The zero-order valence-electron chi connectivity index (χ0n) is 27.0. The number of carbonyl (C=O) groups excluding carboxylic acids is 3. The maximum atomic E-state index is 13.1. The van der Waals surface area contributed by atoms with Crippen LogP contribution in [0.5, 0.6) is 0 Å². The molecule has 1 atom stereocenters. The van der Waals surface area contributed by atoms with Crippen molar-refractivity contribution in [3.05, 3.63) is 0 Å². The summed E-state index contributed by atoms with van der Waals surface area (Å²) in [5.74, 6) is -0.312. The molecule has 230 valence electrons. The van der Waals surface area contributed by atoms with Gasteiger partial charge in [-0.05, 0) is 53.9 Å². The molecule has 0 aliphatic carbocycles. The van der Waals surface area contributed by atoms with Crippen LogP contribution in [-0.4, -0.2) is 41.4 Å². The van der Waals surface area contributed by atoms with Crippen LogP contribution in [0.3, 0.4) is 0 Å². The number of unbranched alkanes of at least 4 members (excludes halogenated alkanes) is 12. The van der Waals surface area contributed by atoms with Gasteiger partial charge in [0.15, 0.2) is 0 Å². The van der Waals surface area contributed by atoms with Gasteiger partial charge in [0.1, 0.15) is 11.8 Å². The molecule has 0 aliphatic rings. The van der Waals surface area contributed by atoms with E-state index in [0.717, 1.165) is 19.3 Å². The molecule has 6 heteroatoms. The Hall–Kier alpha value is -1.43. The van der Waals surface area contributed by atoms with Crippen molar-refractivity contribution in [1.82, 2.24) is 10.6 Å². The lowest BCUT2D eigenvalue weighted by molar-refractivity contribution is -0.131. The Morgan fingerprint density at radius 1 is 0.718 bits per heavy atom. The van der Waals surface area contributed by atoms with Crippen LogP contribution in [0.15, 0.2) is 0 Å². The second-order valence-corrected chi connectivity index (χ2v) is 13.4. The number of Topliss-reactive ketones (excluding diaryl/α,β-unsaturated/α-hetero) is 1. The summed E-state index contributed by atoms with van der Waals surface area (Å²) in [6.07, 6.45) is 18.1. The molecule has 0 fully saturated rings. The largest absolute Gasteiger partial charge is 0.376 e. The van der Waals surface area contributed by atoms with E-state index in [1.807, 2.05) is 48.5 Å². The van der Waals surface area contributed by atoms with Gasteiger partial charge in [-0.25, -0.2) is 0 Å². The number of ether oxygens (including phenoxy) is 1. The third-order valence-corrected chi connectivity index (χ3v) is 7.21. The quantitative estimate of drug-likeness (QED) is 0.119. The van der Waals surface area contributed by atoms with E-state index in [-0.39, 0.29) is 35.5 Å². The molecule has 0 aliphatic heterocycles. The molecule has 2 N–H and O–H groups in total. The highest BCUT2D eigenvalue weighted by Crippen LogP contribution is 2.16. The van der Waals surface area contributed by atoms with Crippen molar-refractivity contribution >= 4 is 17.6 Å². The smallest absolute Gasteiger partial charge is 0.243 e. The molecule has 0 aromatic rings. The average molecular weight is 553 g/mol. The predicted molar refractivity (Wildman–Crippen MR) is 164 cm³/mol. The summed E-state index contributed by atoms with van der Waals surface area (Å²) in [6, 6.07) is -0.704. The van der Waals surface area contributed by atoms with Gasteiger partial charge >= 0.3 is 0 Å². The van der Waals surface area contributed by atoms with Gasteiger partial charge in [0.05, 0.1) is 5.60 Å². The van der Waals surface area contributed by atoms with Crippen LogP contribution in [-0.2, 0) is 19.1 Å². The van der Waals surface area contributed by atoms with Gasteiger partial charge < -0.3 is 15.4 Å². The molecule has 0 heterocycles. The highest BCUT2D eigenvalue weighted by molar-refractivity contribution is 5.89. The van der Waals surface area contributed by atoms with Crippen molar-refractivity contribution in [2.45, 2.75) is 182 Å². The second-order valence-electron chi connectivity index (χ2n) is 13.4. The van der Waals surface area contributed by atoms with E-state index in [4.69, 9.17) is 4.74 Å². The SMILES string of the molecule is CCCCCCCCCCCCCCCC(=O)N[C@@H](CCC(=O)C(C)C)C(=O)NC(C)(C)CCOC(C)(C)C. The highest BCUT2D eigenvalue weighted by atomic mass is 16.5. The third kappa shape index (κ3) is 23.0. The number of hydrogen-bond acceptors (Lipinski definition) is 4. The second kappa shape index (κ2) is 21.3. The van der Waals surface area contributed by atoms with Gasteiger partial charge in [-0.3, -0.25) is 14.4 Å². The monoisotopic (exact) mass is 552 g/mol. The molecular formula is C33H64N2O4. The van der Waals surface area contributed by atoms with E-state index in [2.05, 4.69) is 17.6 Å². The summed E-state index contributed by atoms with van der Waals surface area (Å²) < 4.78 is 5.82. The maximum Gasteiger partial charge on any atom is 0.243 e. The number of rotatable bonds is 24. The first-order valence-electron chi connectivity index (χ1n) is 16.1. The van der Waals surface area contributed by atoms with Crippen molar-refractivity contribution in [3.8, 4) is 0 Å². The Bertz CT molecular complexity index is 667. The highest BCUT2D eigenvalue weighted by Gasteiger charge is 2.28. The fourth-order valence-corrected chi connectivity index (χ4v) is 4.51. The van der Waals surface area contributed by atoms with Gasteiger partial charge in [0, 0.05) is 30.9 Å². The van der Waals surface area contributed by atoms with Crippen LogP contribution in [0.25, 0.3) is 0 Å². The van der Waals surface area contributed by atoms with Crippen LogP contribution in [0, 0.1) is 5.92 Å². The van der Waals surface area contributed by atoms with Gasteiger partial charge in [0.2, 0.25) is 11.8 Å². The maximum absolute atomic E-state index is 13.1. The van der Waals surface area contributed by atoms with E-state index in [9.17, 15) is 14.4 Å². The Morgan fingerprint density at radius 3 is 1.67 bits per heavy atom. The number of hydrogen-bond donors (Lipinski definition) is 2. The first-order chi connectivity index (χ1) is 18.3. The lowest BCUT2D eigenvalue weighted by atomic mass is 9.97. The van der Waals surface area contributed by atoms with Gasteiger partial charge in [-0.1, -0.05) is 97.8 Å². The molecular weight excluding hydrogens is 488 g/mol. The summed E-state index contributed by atoms with van der Waals surface area (Å²) >= 11 is 0. The van der Waals surface area contributed by atoms with Crippen LogP contribution in [0.2, 0.25) is 0 Å². The average Bonchev–Trinajstić information content (AvgIpc) is 2.82. The minimum Gasteiger partial charge on any atom is -0.376 e. The summed E-state index contributed by atoms with van der Waals surface area (Å²) in [7, 11) is 0. The predicted octanol–water partition coefficient (Wildman–Crippen LogP) is 8.06. The minimum atomic E-state index is -0.704.